The second-order valence-corrected chi connectivity index (χ2v) is 2.94. The lowest BCUT2D eigenvalue weighted by molar-refractivity contribution is 0.0697. The van der Waals surface area contributed by atoms with E-state index in [1.807, 2.05) is 0 Å². The molecule has 0 bridgehead atoms. The van der Waals surface area contributed by atoms with E-state index >= 15 is 0 Å². The molecule has 0 aliphatic heterocycles. The zero-order valence-electron chi connectivity index (χ0n) is 7.37. The third-order valence-corrected chi connectivity index (χ3v) is 1.79. The number of nitrogen functional groups attached to an aromatic ring is 1. The van der Waals surface area contributed by atoms with Crippen LogP contribution in [0.2, 0.25) is 0 Å². The van der Waals surface area contributed by atoms with Crippen molar-refractivity contribution >= 4 is 23.3 Å². The van der Waals surface area contributed by atoms with Crippen LogP contribution in [0.15, 0.2) is 18.2 Å². The minimum absolute atomic E-state index is 0.0390. The Hall–Kier alpha value is -1.42. The summed E-state index contributed by atoms with van der Waals surface area (Å²) in [4.78, 5) is 10.7. The Balaban J connectivity index is 2.95. The number of hydrogen-bond acceptors (Lipinski definition) is 3. The fourth-order valence-electron chi connectivity index (χ4n) is 1.00. The van der Waals surface area contributed by atoms with Crippen LogP contribution < -0.4 is 10.5 Å². The van der Waals surface area contributed by atoms with Crippen LogP contribution in [-0.4, -0.2) is 23.6 Å². The smallest absolute Gasteiger partial charge is 0.337 e. The largest absolute Gasteiger partial charge is 0.490 e. The molecule has 1 aromatic carbocycles. The number of aromatic carboxylic acids is 1. The van der Waals surface area contributed by atoms with Crippen LogP contribution >= 0.6 is 11.6 Å². The summed E-state index contributed by atoms with van der Waals surface area (Å²) in [5.41, 5.74) is 5.74. The van der Waals surface area contributed by atoms with E-state index in [2.05, 4.69) is 0 Å². The number of carbonyl (C=O) groups is 1. The lowest BCUT2D eigenvalue weighted by atomic mass is 10.1. The first-order valence-electron chi connectivity index (χ1n) is 3.97. The molecule has 0 saturated carbocycles. The van der Waals surface area contributed by atoms with Gasteiger partial charge in [0.1, 0.15) is 12.4 Å². The van der Waals surface area contributed by atoms with Crippen molar-refractivity contribution in [1.29, 1.82) is 0 Å². The van der Waals surface area contributed by atoms with Gasteiger partial charge >= 0.3 is 5.97 Å². The van der Waals surface area contributed by atoms with Crippen LogP contribution in [0.4, 0.5) is 5.69 Å². The number of rotatable bonds is 4. The summed E-state index contributed by atoms with van der Waals surface area (Å²) < 4.78 is 5.16. The molecule has 0 aromatic heterocycles. The maximum absolute atomic E-state index is 10.7. The molecule has 1 rings (SSSR count). The molecule has 0 aliphatic carbocycles. The minimum Gasteiger partial charge on any atom is -0.490 e. The molecule has 0 fully saturated rings. The molecular weight excluding hydrogens is 206 g/mol. The normalized spacial score (nSPS) is 9.79. The first-order valence-corrected chi connectivity index (χ1v) is 4.51. The maximum atomic E-state index is 10.7. The average molecular weight is 216 g/mol. The van der Waals surface area contributed by atoms with Gasteiger partial charge in [-0.3, -0.25) is 0 Å². The van der Waals surface area contributed by atoms with Gasteiger partial charge in [-0.1, -0.05) is 6.07 Å². The maximum Gasteiger partial charge on any atom is 0.337 e. The number of para-hydroxylation sites is 1. The summed E-state index contributed by atoms with van der Waals surface area (Å²) in [5.74, 6) is -0.388. The van der Waals surface area contributed by atoms with E-state index in [4.69, 9.17) is 27.2 Å². The Labute approximate surface area is 86.2 Å². The molecule has 0 aliphatic rings. The first-order chi connectivity index (χ1) is 6.66. The first kappa shape index (κ1) is 10.7. The molecule has 5 heteroatoms. The van der Waals surface area contributed by atoms with Crippen molar-refractivity contribution in [1.82, 2.24) is 0 Å². The van der Waals surface area contributed by atoms with E-state index in [1.54, 1.807) is 12.1 Å². The Bertz CT molecular complexity index is 341. The van der Waals surface area contributed by atoms with Gasteiger partial charge in [0.05, 0.1) is 17.1 Å². The topological polar surface area (TPSA) is 72.5 Å². The van der Waals surface area contributed by atoms with Crippen molar-refractivity contribution in [2.24, 2.45) is 0 Å². The second-order valence-electron chi connectivity index (χ2n) is 2.56. The number of hydrogen-bond donors (Lipinski definition) is 2. The van der Waals surface area contributed by atoms with Crippen LogP contribution in [-0.2, 0) is 0 Å². The van der Waals surface area contributed by atoms with E-state index in [0.717, 1.165) is 0 Å². The Morgan fingerprint density at radius 2 is 2.29 bits per heavy atom. The highest BCUT2D eigenvalue weighted by Gasteiger charge is 2.11. The minimum atomic E-state index is -1.07. The van der Waals surface area contributed by atoms with E-state index in [9.17, 15) is 4.79 Å². The SMILES string of the molecule is Nc1c(OCCCl)cccc1C(=O)O. The van der Waals surface area contributed by atoms with Crippen LogP contribution in [0.3, 0.4) is 0 Å². The van der Waals surface area contributed by atoms with Gasteiger partial charge in [-0.05, 0) is 12.1 Å². The number of anilines is 1. The van der Waals surface area contributed by atoms with Crippen molar-refractivity contribution in [3.63, 3.8) is 0 Å². The number of carboxylic acids is 1. The summed E-state index contributed by atoms with van der Waals surface area (Å²) >= 11 is 5.42. The zero-order valence-corrected chi connectivity index (χ0v) is 8.12. The number of benzene rings is 1. The molecule has 0 atom stereocenters. The van der Waals surface area contributed by atoms with E-state index < -0.39 is 5.97 Å². The van der Waals surface area contributed by atoms with Gasteiger partial charge in [0.2, 0.25) is 0 Å². The summed E-state index contributed by atoms with van der Waals surface area (Å²) in [7, 11) is 0. The third kappa shape index (κ3) is 2.29. The fraction of sp³-hybridized carbons (Fsp3) is 0.222. The molecule has 0 radical (unpaired) electrons. The predicted molar refractivity (Wildman–Crippen MR) is 54.0 cm³/mol. The lowest BCUT2D eigenvalue weighted by Gasteiger charge is -2.08. The van der Waals surface area contributed by atoms with Crippen molar-refractivity contribution in [2.45, 2.75) is 0 Å². The van der Waals surface area contributed by atoms with Gasteiger partial charge in [0.15, 0.2) is 0 Å². The van der Waals surface area contributed by atoms with Crippen LogP contribution in [0.5, 0.6) is 5.75 Å². The quantitative estimate of drug-likeness (QED) is 0.591. The highest BCUT2D eigenvalue weighted by atomic mass is 35.5. The molecule has 0 saturated heterocycles. The van der Waals surface area contributed by atoms with Gasteiger partial charge in [0, 0.05) is 0 Å². The number of carboxylic acid groups (broad SMARTS) is 1. The van der Waals surface area contributed by atoms with E-state index in [1.165, 1.54) is 6.07 Å². The van der Waals surface area contributed by atoms with Gasteiger partial charge in [-0.15, -0.1) is 11.6 Å². The third-order valence-electron chi connectivity index (χ3n) is 1.63. The molecule has 3 N–H and O–H groups in total. The van der Waals surface area contributed by atoms with Gasteiger partial charge in [-0.2, -0.15) is 0 Å². The fourth-order valence-corrected chi connectivity index (χ4v) is 1.08. The number of nitrogens with two attached hydrogens (primary N) is 1. The molecule has 0 amide bonds. The molecular formula is C9H10ClNO3. The average Bonchev–Trinajstić information content (AvgIpc) is 2.16. The van der Waals surface area contributed by atoms with E-state index in [-0.39, 0.29) is 11.3 Å². The van der Waals surface area contributed by atoms with Crippen LogP contribution in [0, 0.1) is 0 Å². The van der Waals surface area contributed by atoms with Crippen molar-refractivity contribution in [2.75, 3.05) is 18.2 Å². The number of halogens is 1. The molecule has 14 heavy (non-hydrogen) atoms. The molecule has 0 unspecified atom stereocenters. The molecule has 4 nitrogen and oxygen atoms in total. The Kier molecular flexibility index (Phi) is 3.59. The van der Waals surface area contributed by atoms with Gasteiger partial charge in [0.25, 0.3) is 0 Å². The summed E-state index contributed by atoms with van der Waals surface area (Å²) in [6.07, 6.45) is 0. The Morgan fingerprint density at radius 3 is 2.86 bits per heavy atom. The van der Waals surface area contributed by atoms with Crippen LogP contribution in [0.25, 0.3) is 0 Å². The van der Waals surface area contributed by atoms with Gasteiger partial charge in [-0.25, -0.2) is 4.79 Å². The number of ether oxygens (including phenoxy) is 1. The highest BCUT2D eigenvalue weighted by molar-refractivity contribution is 6.18. The second kappa shape index (κ2) is 4.72. The van der Waals surface area contributed by atoms with Crippen molar-refractivity contribution < 1.29 is 14.6 Å². The lowest BCUT2D eigenvalue weighted by Crippen LogP contribution is -2.06. The summed E-state index contributed by atoms with van der Waals surface area (Å²) in [6.45, 7) is 0.300. The zero-order chi connectivity index (χ0) is 10.6. The highest BCUT2D eigenvalue weighted by Crippen LogP contribution is 2.24. The van der Waals surface area contributed by atoms with Crippen molar-refractivity contribution in [3.05, 3.63) is 23.8 Å². The molecule has 76 valence electrons. The van der Waals surface area contributed by atoms with Crippen molar-refractivity contribution in [3.8, 4) is 5.75 Å². The number of alkyl halides is 1. The molecule has 0 heterocycles. The Morgan fingerprint density at radius 1 is 1.57 bits per heavy atom. The van der Waals surface area contributed by atoms with Gasteiger partial charge < -0.3 is 15.6 Å². The molecule has 0 spiro atoms. The van der Waals surface area contributed by atoms with E-state index in [0.29, 0.717) is 18.2 Å². The standard InChI is InChI=1S/C9H10ClNO3/c10-4-5-14-7-3-1-2-6(8(7)11)9(12)13/h1-3H,4-5,11H2,(H,12,13). The van der Waals surface area contributed by atoms with Crippen LogP contribution in [0.1, 0.15) is 10.4 Å². The molecule has 1 aromatic rings. The summed E-state index contributed by atoms with van der Waals surface area (Å²) in [5, 5.41) is 8.75. The predicted octanol–water partition coefficient (Wildman–Crippen LogP) is 1.58. The monoisotopic (exact) mass is 215 g/mol. The summed E-state index contributed by atoms with van der Waals surface area (Å²) in [6, 6.07) is 4.60.